The van der Waals surface area contributed by atoms with Crippen molar-refractivity contribution in [2.75, 3.05) is 31.1 Å². The number of hydrogen-bond donors (Lipinski definition) is 1. The summed E-state index contributed by atoms with van der Waals surface area (Å²) in [7, 11) is 0. The highest BCUT2D eigenvalue weighted by molar-refractivity contribution is 7.80. The number of rotatable bonds is 3. The highest BCUT2D eigenvalue weighted by atomic mass is 32.1. The number of para-hydroxylation sites is 1. The van der Waals surface area contributed by atoms with E-state index in [1.54, 1.807) is 0 Å². The van der Waals surface area contributed by atoms with Crippen LogP contribution in [0.5, 0.6) is 0 Å². The molecule has 3 heteroatoms. The van der Waals surface area contributed by atoms with Gasteiger partial charge in [0.15, 0.2) is 0 Å². The predicted molar refractivity (Wildman–Crippen MR) is 87.6 cm³/mol. The van der Waals surface area contributed by atoms with Crippen LogP contribution in [0, 0.1) is 0 Å². The Balaban J connectivity index is 1.58. The summed E-state index contributed by atoms with van der Waals surface area (Å²) in [5.74, 6) is 0. The molecule has 2 nitrogen and oxygen atoms in total. The lowest BCUT2D eigenvalue weighted by Gasteiger charge is -2.36. The normalized spacial score (nSPS) is 16.4. The van der Waals surface area contributed by atoms with Gasteiger partial charge in [0.1, 0.15) is 0 Å². The maximum atomic E-state index is 4.54. The van der Waals surface area contributed by atoms with Gasteiger partial charge in [-0.2, -0.15) is 0 Å². The van der Waals surface area contributed by atoms with Gasteiger partial charge in [0.05, 0.1) is 0 Å². The third-order valence-electron chi connectivity index (χ3n) is 3.88. The molecule has 0 radical (unpaired) electrons. The SMILES string of the molecule is Sc1ccccc1CN1CCN(c2ccccc2)CC1. The zero-order chi connectivity index (χ0) is 13.8. The van der Waals surface area contributed by atoms with E-state index in [4.69, 9.17) is 0 Å². The van der Waals surface area contributed by atoms with Crippen molar-refractivity contribution < 1.29 is 0 Å². The van der Waals surface area contributed by atoms with E-state index in [1.807, 2.05) is 6.07 Å². The molecule has 0 saturated carbocycles. The first-order valence-corrected chi connectivity index (χ1v) is 7.57. The van der Waals surface area contributed by atoms with Gasteiger partial charge in [0.2, 0.25) is 0 Å². The number of hydrogen-bond acceptors (Lipinski definition) is 3. The van der Waals surface area contributed by atoms with Crippen molar-refractivity contribution in [3.63, 3.8) is 0 Å². The Labute approximate surface area is 126 Å². The zero-order valence-electron chi connectivity index (χ0n) is 11.6. The van der Waals surface area contributed by atoms with E-state index in [0.717, 1.165) is 37.6 Å². The molecule has 1 heterocycles. The van der Waals surface area contributed by atoms with Crippen LogP contribution in [0.25, 0.3) is 0 Å². The molecule has 0 N–H and O–H groups in total. The van der Waals surface area contributed by atoms with Gasteiger partial charge in [-0.25, -0.2) is 0 Å². The number of thiol groups is 1. The lowest BCUT2D eigenvalue weighted by Crippen LogP contribution is -2.46. The molecule has 104 valence electrons. The summed E-state index contributed by atoms with van der Waals surface area (Å²) in [4.78, 5) is 6.07. The largest absolute Gasteiger partial charge is 0.369 e. The lowest BCUT2D eigenvalue weighted by atomic mass is 10.2. The van der Waals surface area contributed by atoms with Gasteiger partial charge in [0, 0.05) is 43.3 Å². The van der Waals surface area contributed by atoms with Gasteiger partial charge in [-0.3, -0.25) is 4.90 Å². The van der Waals surface area contributed by atoms with E-state index >= 15 is 0 Å². The highest BCUT2D eigenvalue weighted by Crippen LogP contribution is 2.19. The van der Waals surface area contributed by atoms with Crippen LogP contribution < -0.4 is 4.90 Å². The minimum atomic E-state index is 1.00. The molecule has 1 aliphatic heterocycles. The first kappa shape index (κ1) is 13.5. The smallest absolute Gasteiger partial charge is 0.0367 e. The molecule has 2 aromatic rings. The molecule has 0 aromatic heterocycles. The minimum absolute atomic E-state index is 1.00. The molecule has 0 unspecified atom stereocenters. The van der Waals surface area contributed by atoms with Crippen molar-refractivity contribution in [3.8, 4) is 0 Å². The first-order chi connectivity index (χ1) is 9.83. The third kappa shape index (κ3) is 3.17. The Morgan fingerprint density at radius 2 is 1.45 bits per heavy atom. The molecule has 0 amide bonds. The van der Waals surface area contributed by atoms with Crippen molar-refractivity contribution >= 4 is 18.3 Å². The Bertz CT molecular complexity index is 548. The first-order valence-electron chi connectivity index (χ1n) is 7.12. The molecule has 0 aliphatic carbocycles. The Morgan fingerprint density at radius 3 is 2.15 bits per heavy atom. The summed E-state index contributed by atoms with van der Waals surface area (Å²) in [6.45, 7) is 5.41. The average molecular weight is 284 g/mol. The van der Waals surface area contributed by atoms with Crippen molar-refractivity contribution in [2.24, 2.45) is 0 Å². The second-order valence-electron chi connectivity index (χ2n) is 5.23. The standard InChI is InChI=1S/C17H20N2S/c20-17-9-5-4-6-15(17)14-18-10-12-19(13-11-18)16-7-2-1-3-8-16/h1-9,20H,10-14H2. The van der Waals surface area contributed by atoms with E-state index in [0.29, 0.717) is 0 Å². The highest BCUT2D eigenvalue weighted by Gasteiger charge is 2.17. The molecule has 0 spiro atoms. The van der Waals surface area contributed by atoms with Gasteiger partial charge in [-0.05, 0) is 23.8 Å². The molecule has 1 saturated heterocycles. The van der Waals surface area contributed by atoms with Crippen LogP contribution >= 0.6 is 12.6 Å². The molecule has 3 rings (SSSR count). The van der Waals surface area contributed by atoms with Crippen LogP contribution in [0.2, 0.25) is 0 Å². The van der Waals surface area contributed by atoms with Gasteiger partial charge in [-0.15, -0.1) is 12.6 Å². The number of benzene rings is 2. The lowest BCUT2D eigenvalue weighted by molar-refractivity contribution is 0.248. The molecule has 2 aromatic carbocycles. The minimum Gasteiger partial charge on any atom is -0.369 e. The topological polar surface area (TPSA) is 6.48 Å². The zero-order valence-corrected chi connectivity index (χ0v) is 12.5. The second kappa shape index (κ2) is 6.33. The fourth-order valence-electron chi connectivity index (χ4n) is 2.69. The number of anilines is 1. The van der Waals surface area contributed by atoms with E-state index < -0.39 is 0 Å². The number of nitrogens with zero attached hydrogens (tertiary/aromatic N) is 2. The fourth-order valence-corrected chi connectivity index (χ4v) is 2.92. The van der Waals surface area contributed by atoms with Gasteiger partial charge in [0.25, 0.3) is 0 Å². The van der Waals surface area contributed by atoms with Crippen LogP contribution in [0.1, 0.15) is 5.56 Å². The second-order valence-corrected chi connectivity index (χ2v) is 5.71. The van der Waals surface area contributed by atoms with Gasteiger partial charge < -0.3 is 4.90 Å². The van der Waals surface area contributed by atoms with Crippen LogP contribution in [-0.4, -0.2) is 31.1 Å². The molecule has 0 atom stereocenters. The maximum absolute atomic E-state index is 4.54. The average Bonchev–Trinajstić information content (AvgIpc) is 2.51. The fraction of sp³-hybridized carbons (Fsp3) is 0.294. The molecule has 20 heavy (non-hydrogen) atoms. The van der Waals surface area contributed by atoms with Crippen LogP contribution in [0.4, 0.5) is 5.69 Å². The summed E-state index contributed by atoms with van der Waals surface area (Å²) < 4.78 is 0. The van der Waals surface area contributed by atoms with E-state index in [2.05, 4.69) is 71.0 Å². The van der Waals surface area contributed by atoms with Crippen LogP contribution in [-0.2, 0) is 6.54 Å². The molecule has 0 bridgehead atoms. The van der Waals surface area contributed by atoms with E-state index in [-0.39, 0.29) is 0 Å². The van der Waals surface area contributed by atoms with Crippen LogP contribution in [0.15, 0.2) is 59.5 Å². The monoisotopic (exact) mass is 284 g/mol. The van der Waals surface area contributed by atoms with Crippen LogP contribution in [0.3, 0.4) is 0 Å². The van der Waals surface area contributed by atoms with E-state index in [1.165, 1.54) is 11.3 Å². The Kier molecular flexibility index (Phi) is 4.28. The molecule has 1 aliphatic rings. The summed E-state index contributed by atoms with van der Waals surface area (Å²) in [6.07, 6.45) is 0. The molecular formula is C17H20N2S. The summed E-state index contributed by atoms with van der Waals surface area (Å²) in [6, 6.07) is 19.1. The summed E-state index contributed by atoms with van der Waals surface area (Å²) in [5, 5.41) is 0. The maximum Gasteiger partial charge on any atom is 0.0367 e. The van der Waals surface area contributed by atoms with Gasteiger partial charge >= 0.3 is 0 Å². The third-order valence-corrected chi connectivity index (χ3v) is 4.32. The van der Waals surface area contributed by atoms with Crippen molar-refractivity contribution in [1.82, 2.24) is 4.90 Å². The summed E-state index contributed by atoms with van der Waals surface area (Å²) >= 11 is 4.54. The Morgan fingerprint density at radius 1 is 0.800 bits per heavy atom. The number of piperazine rings is 1. The van der Waals surface area contributed by atoms with Gasteiger partial charge in [-0.1, -0.05) is 36.4 Å². The van der Waals surface area contributed by atoms with Crippen molar-refractivity contribution in [1.29, 1.82) is 0 Å². The molecule has 1 fully saturated rings. The van der Waals surface area contributed by atoms with Crippen molar-refractivity contribution in [3.05, 3.63) is 60.2 Å². The summed E-state index contributed by atoms with van der Waals surface area (Å²) in [5.41, 5.74) is 2.66. The Hall–Kier alpha value is -1.45. The quantitative estimate of drug-likeness (QED) is 0.864. The van der Waals surface area contributed by atoms with Crippen molar-refractivity contribution in [2.45, 2.75) is 11.4 Å². The predicted octanol–water partition coefficient (Wildman–Crippen LogP) is 3.30. The molecular weight excluding hydrogens is 264 g/mol. The van der Waals surface area contributed by atoms with E-state index in [9.17, 15) is 0 Å².